The Kier molecular flexibility index (Phi) is 5.98. The summed E-state index contributed by atoms with van der Waals surface area (Å²) in [5.74, 6) is 0.121. The van der Waals surface area contributed by atoms with Gasteiger partial charge in [-0.25, -0.2) is 0 Å². The summed E-state index contributed by atoms with van der Waals surface area (Å²) in [6.07, 6.45) is 3.50. The lowest BCUT2D eigenvalue weighted by Gasteiger charge is -2.19. The van der Waals surface area contributed by atoms with Gasteiger partial charge < -0.3 is 14.2 Å². The lowest BCUT2D eigenvalue weighted by Crippen LogP contribution is -2.33. The number of hydrogen-bond acceptors (Lipinski definition) is 6. The maximum absolute atomic E-state index is 12.4. The normalized spacial score (nSPS) is 21.8. The third-order valence-electron chi connectivity index (χ3n) is 5.35. The van der Waals surface area contributed by atoms with Gasteiger partial charge in [0.15, 0.2) is 0 Å². The van der Waals surface area contributed by atoms with E-state index in [2.05, 4.69) is 0 Å². The van der Waals surface area contributed by atoms with Crippen LogP contribution >= 0.6 is 0 Å². The Balaban J connectivity index is 1.53. The molecule has 3 rings (SSSR count). The zero-order chi connectivity index (χ0) is 19.4. The maximum Gasteiger partial charge on any atom is 0.307 e. The third-order valence-corrected chi connectivity index (χ3v) is 5.35. The van der Waals surface area contributed by atoms with Gasteiger partial charge in [0.1, 0.15) is 18.1 Å². The summed E-state index contributed by atoms with van der Waals surface area (Å²) in [6.45, 7) is 0.116. The molecule has 2 unspecified atom stereocenters. The van der Waals surface area contributed by atoms with Gasteiger partial charge in [-0.2, -0.15) is 0 Å². The summed E-state index contributed by atoms with van der Waals surface area (Å²) in [6, 6.07) is 5.24. The van der Waals surface area contributed by atoms with E-state index in [9.17, 15) is 14.4 Å². The van der Waals surface area contributed by atoms with Gasteiger partial charge in [-0.1, -0.05) is 12.8 Å². The largest absolute Gasteiger partial charge is 0.497 e. The van der Waals surface area contributed by atoms with E-state index in [1.54, 1.807) is 25.3 Å². The third kappa shape index (κ3) is 4.07. The molecule has 1 aliphatic carbocycles. The first-order valence-corrected chi connectivity index (χ1v) is 9.27. The molecule has 0 N–H and O–H groups in total. The topological polar surface area (TPSA) is 82.1 Å². The van der Waals surface area contributed by atoms with Crippen molar-refractivity contribution in [1.29, 1.82) is 0 Å². The van der Waals surface area contributed by atoms with Gasteiger partial charge in [0, 0.05) is 12.1 Å². The van der Waals surface area contributed by atoms with Gasteiger partial charge in [-0.05, 0) is 31.0 Å². The fraction of sp³-hybridized carbons (Fsp3) is 0.550. The highest BCUT2D eigenvalue weighted by Gasteiger charge is 2.47. The van der Waals surface area contributed by atoms with Gasteiger partial charge >= 0.3 is 5.97 Å². The van der Waals surface area contributed by atoms with Crippen LogP contribution in [0.15, 0.2) is 18.2 Å². The van der Waals surface area contributed by atoms with E-state index in [-0.39, 0.29) is 43.2 Å². The van der Waals surface area contributed by atoms with Crippen LogP contribution in [0.2, 0.25) is 0 Å². The number of ether oxygens (including phenoxy) is 3. The number of carbonyl (C=O) groups excluding carboxylic acids is 3. The molecule has 0 radical (unpaired) electrons. The lowest BCUT2D eigenvalue weighted by molar-refractivity contribution is -0.146. The number of benzene rings is 1. The average molecular weight is 375 g/mol. The number of carbonyl (C=O) groups is 3. The lowest BCUT2D eigenvalue weighted by atomic mass is 9.81. The number of fused-ring (bicyclic) bond motifs is 1. The monoisotopic (exact) mass is 375 g/mol. The van der Waals surface area contributed by atoms with Crippen LogP contribution in [0.5, 0.6) is 11.5 Å². The standard InChI is InChI=1S/C20H25NO6/c1-25-14-7-8-17(26-2)13(11-14)12-27-18(22)9-10-21-19(23)15-5-3-4-6-16(15)20(21)24/h7-8,11,15-16H,3-6,9-10,12H2,1-2H3. The first-order valence-electron chi connectivity index (χ1n) is 9.27. The van der Waals surface area contributed by atoms with Crippen LogP contribution in [0.4, 0.5) is 0 Å². The molecular formula is C20H25NO6. The highest BCUT2D eigenvalue weighted by Crippen LogP contribution is 2.38. The van der Waals surface area contributed by atoms with Gasteiger partial charge in [0.05, 0.1) is 32.5 Å². The number of esters is 1. The molecule has 2 amide bonds. The zero-order valence-corrected chi connectivity index (χ0v) is 15.7. The Morgan fingerprint density at radius 3 is 2.33 bits per heavy atom. The summed E-state index contributed by atoms with van der Waals surface area (Å²) in [7, 11) is 3.09. The summed E-state index contributed by atoms with van der Waals surface area (Å²) < 4.78 is 15.7. The number of likely N-dealkylation sites (tertiary alicyclic amines) is 1. The van der Waals surface area contributed by atoms with Gasteiger partial charge in [0.25, 0.3) is 0 Å². The Hall–Kier alpha value is -2.57. The van der Waals surface area contributed by atoms with E-state index in [0.29, 0.717) is 17.1 Å². The second-order valence-electron chi connectivity index (χ2n) is 6.91. The summed E-state index contributed by atoms with van der Waals surface area (Å²) in [4.78, 5) is 38.2. The number of amides is 2. The SMILES string of the molecule is COc1ccc(OC)c(COC(=O)CCN2C(=O)C3CCCCC3C2=O)c1. The van der Waals surface area contributed by atoms with E-state index >= 15 is 0 Å². The van der Waals surface area contributed by atoms with Crippen LogP contribution in [-0.2, 0) is 25.7 Å². The van der Waals surface area contributed by atoms with Crippen LogP contribution < -0.4 is 9.47 Å². The predicted octanol–water partition coefficient (Wildman–Crippen LogP) is 2.31. The molecule has 2 fully saturated rings. The molecule has 1 aliphatic heterocycles. The summed E-state index contributed by atoms with van der Waals surface area (Å²) in [5, 5.41) is 0. The van der Waals surface area contributed by atoms with Crippen molar-refractivity contribution in [2.45, 2.75) is 38.7 Å². The van der Waals surface area contributed by atoms with E-state index in [4.69, 9.17) is 14.2 Å². The molecule has 1 saturated carbocycles. The average Bonchev–Trinajstić information content (AvgIpc) is 2.95. The van der Waals surface area contributed by atoms with Crippen molar-refractivity contribution in [3.05, 3.63) is 23.8 Å². The molecule has 2 aliphatic rings. The van der Waals surface area contributed by atoms with Crippen LogP contribution in [0.25, 0.3) is 0 Å². The smallest absolute Gasteiger partial charge is 0.307 e. The van der Waals surface area contributed by atoms with Gasteiger partial charge in [-0.15, -0.1) is 0 Å². The van der Waals surface area contributed by atoms with Crippen molar-refractivity contribution in [2.75, 3.05) is 20.8 Å². The van der Waals surface area contributed by atoms with Crippen molar-refractivity contribution in [3.63, 3.8) is 0 Å². The molecule has 27 heavy (non-hydrogen) atoms. The molecule has 0 aromatic heterocycles. The highest BCUT2D eigenvalue weighted by atomic mass is 16.5. The van der Waals surface area contributed by atoms with Crippen LogP contribution in [-0.4, -0.2) is 43.4 Å². The van der Waals surface area contributed by atoms with Crippen molar-refractivity contribution in [3.8, 4) is 11.5 Å². The molecule has 1 aromatic carbocycles. The Morgan fingerprint density at radius 2 is 1.74 bits per heavy atom. The van der Waals surface area contributed by atoms with Crippen LogP contribution in [0.3, 0.4) is 0 Å². The maximum atomic E-state index is 12.4. The number of rotatable bonds is 7. The molecule has 1 aromatic rings. The van der Waals surface area contributed by atoms with E-state index in [0.717, 1.165) is 25.7 Å². The van der Waals surface area contributed by atoms with Crippen molar-refractivity contribution >= 4 is 17.8 Å². The quantitative estimate of drug-likeness (QED) is 0.537. The number of imide groups is 1. The molecular weight excluding hydrogens is 350 g/mol. The van der Waals surface area contributed by atoms with E-state index in [1.807, 2.05) is 0 Å². The highest BCUT2D eigenvalue weighted by molar-refractivity contribution is 6.05. The minimum absolute atomic E-state index is 0.0107. The molecule has 7 nitrogen and oxygen atoms in total. The Labute approximate surface area is 158 Å². The fourth-order valence-electron chi connectivity index (χ4n) is 3.88. The summed E-state index contributed by atoms with van der Waals surface area (Å²) >= 11 is 0. The van der Waals surface area contributed by atoms with Crippen molar-refractivity contribution in [2.24, 2.45) is 11.8 Å². The van der Waals surface area contributed by atoms with E-state index in [1.165, 1.54) is 12.0 Å². The van der Waals surface area contributed by atoms with Crippen LogP contribution in [0.1, 0.15) is 37.7 Å². The molecule has 0 bridgehead atoms. The Morgan fingerprint density at radius 1 is 1.07 bits per heavy atom. The molecule has 0 spiro atoms. The summed E-state index contributed by atoms with van der Waals surface area (Å²) in [5.41, 5.74) is 0.685. The first kappa shape index (κ1) is 19.2. The number of hydrogen-bond donors (Lipinski definition) is 0. The molecule has 1 heterocycles. The minimum atomic E-state index is -0.463. The second-order valence-corrected chi connectivity index (χ2v) is 6.91. The van der Waals surface area contributed by atoms with Gasteiger partial charge in [0.2, 0.25) is 11.8 Å². The molecule has 7 heteroatoms. The molecule has 146 valence electrons. The zero-order valence-electron chi connectivity index (χ0n) is 15.7. The van der Waals surface area contributed by atoms with Gasteiger partial charge in [-0.3, -0.25) is 19.3 Å². The number of methoxy groups -OCH3 is 2. The van der Waals surface area contributed by atoms with Crippen molar-refractivity contribution < 1.29 is 28.6 Å². The Bertz CT molecular complexity index is 707. The fourth-order valence-corrected chi connectivity index (χ4v) is 3.88. The van der Waals surface area contributed by atoms with Crippen molar-refractivity contribution in [1.82, 2.24) is 4.90 Å². The van der Waals surface area contributed by atoms with Crippen LogP contribution in [0, 0.1) is 11.8 Å². The second kappa shape index (κ2) is 8.41. The predicted molar refractivity (Wildman–Crippen MR) is 96.1 cm³/mol. The number of nitrogens with zero attached hydrogens (tertiary/aromatic N) is 1. The minimum Gasteiger partial charge on any atom is -0.497 e. The molecule has 2 atom stereocenters. The molecule has 1 saturated heterocycles. The van der Waals surface area contributed by atoms with E-state index < -0.39 is 5.97 Å². The first-order chi connectivity index (χ1) is 13.0.